The van der Waals surface area contributed by atoms with Crippen molar-refractivity contribution >= 4 is 17.7 Å². The van der Waals surface area contributed by atoms with Crippen LogP contribution in [0, 0.1) is 16.6 Å². The third-order valence-electron chi connectivity index (χ3n) is 3.84. The lowest BCUT2D eigenvalue weighted by Crippen LogP contribution is -2.42. The molecule has 1 atom stereocenters. The molecule has 0 spiro atoms. The van der Waals surface area contributed by atoms with Crippen molar-refractivity contribution in [2.45, 2.75) is 13.3 Å². The van der Waals surface area contributed by atoms with Crippen molar-refractivity contribution in [3.63, 3.8) is 0 Å². The van der Waals surface area contributed by atoms with E-state index in [0.29, 0.717) is 0 Å². The Balaban J connectivity index is 2.16. The number of ether oxygens (including phenoxy) is 1. The molecule has 3 N–H and O–H groups in total. The Morgan fingerprint density at radius 2 is 1.96 bits per heavy atom. The van der Waals surface area contributed by atoms with Gasteiger partial charge in [-0.25, -0.2) is 9.18 Å². The van der Waals surface area contributed by atoms with Gasteiger partial charge >= 0.3 is 5.97 Å². The predicted octanol–water partition coefficient (Wildman–Crippen LogP) is 2.48. The zero-order valence-corrected chi connectivity index (χ0v) is 13.2. The minimum atomic E-state index is -1.14. The summed E-state index contributed by atoms with van der Waals surface area (Å²) < 4.78 is 17.9. The molecule has 0 saturated carbocycles. The summed E-state index contributed by atoms with van der Waals surface area (Å²) in [4.78, 5) is 23.5. The number of carbonyl (C=O) groups excluding carboxylic acids is 1. The average molecular weight is 332 g/mol. The molecule has 0 aromatic heterocycles. The number of aliphatic carboxylic acids is 1. The van der Waals surface area contributed by atoms with Gasteiger partial charge in [-0.15, -0.1) is 0 Å². The van der Waals surface area contributed by atoms with Crippen LogP contribution in [0.5, 0.6) is 0 Å². The smallest absolute Gasteiger partial charge is 0.335 e. The van der Waals surface area contributed by atoms with Gasteiger partial charge in [0.2, 0.25) is 0 Å². The summed E-state index contributed by atoms with van der Waals surface area (Å²) in [5.41, 5.74) is -0.759. The Labute approximate surface area is 138 Å². The molecular weight excluding hydrogens is 315 g/mol. The first-order valence-corrected chi connectivity index (χ1v) is 7.12. The molecule has 1 aliphatic rings. The number of rotatable bonds is 4. The molecule has 0 aliphatic heterocycles. The maximum atomic E-state index is 12.9. The van der Waals surface area contributed by atoms with Crippen molar-refractivity contribution in [1.82, 2.24) is 5.32 Å². The predicted molar refractivity (Wildman–Crippen MR) is 85.1 cm³/mol. The lowest BCUT2D eigenvalue weighted by atomic mass is 9.78. The highest BCUT2D eigenvalue weighted by molar-refractivity contribution is 6.08. The molecule has 0 saturated heterocycles. The number of amidine groups is 1. The highest BCUT2D eigenvalue weighted by Crippen LogP contribution is 2.35. The fraction of sp³-hybridized carbons (Fsp3) is 0.235. The molecule has 1 aromatic rings. The van der Waals surface area contributed by atoms with Crippen LogP contribution in [0.2, 0.25) is 0 Å². The van der Waals surface area contributed by atoms with E-state index in [0.717, 1.165) is 12.1 Å². The maximum Gasteiger partial charge on any atom is 0.335 e. The Hall–Kier alpha value is -2.96. The van der Waals surface area contributed by atoms with Crippen LogP contribution in [0.4, 0.5) is 4.39 Å². The van der Waals surface area contributed by atoms with Gasteiger partial charge in [0.1, 0.15) is 17.4 Å². The van der Waals surface area contributed by atoms with E-state index in [1.165, 1.54) is 25.3 Å². The van der Waals surface area contributed by atoms with Crippen LogP contribution in [0.15, 0.2) is 47.7 Å². The van der Waals surface area contributed by atoms with Gasteiger partial charge < -0.3 is 15.2 Å². The van der Waals surface area contributed by atoms with E-state index < -0.39 is 23.1 Å². The molecule has 0 heterocycles. The quantitative estimate of drug-likeness (QED) is 0.582. The first-order chi connectivity index (χ1) is 11.3. The molecule has 7 heteroatoms. The molecule has 0 bridgehead atoms. The Morgan fingerprint density at radius 3 is 2.50 bits per heavy atom. The summed E-state index contributed by atoms with van der Waals surface area (Å²) in [6.07, 6.45) is 3.10. The van der Waals surface area contributed by atoms with Gasteiger partial charge in [0.25, 0.3) is 5.91 Å². The van der Waals surface area contributed by atoms with Gasteiger partial charge in [-0.3, -0.25) is 10.2 Å². The number of carboxylic acids is 1. The van der Waals surface area contributed by atoms with Crippen molar-refractivity contribution in [1.29, 1.82) is 5.41 Å². The van der Waals surface area contributed by atoms with Crippen LogP contribution in [0.3, 0.4) is 0 Å². The molecule has 0 fully saturated rings. The third kappa shape index (κ3) is 3.51. The van der Waals surface area contributed by atoms with Crippen molar-refractivity contribution in [2.24, 2.45) is 5.41 Å². The van der Waals surface area contributed by atoms with Crippen molar-refractivity contribution in [2.75, 3.05) is 7.11 Å². The Kier molecular flexibility index (Phi) is 4.82. The molecule has 1 unspecified atom stereocenters. The molecular formula is C17H17FN2O4. The highest BCUT2D eigenvalue weighted by Gasteiger charge is 2.35. The molecule has 1 amide bonds. The minimum Gasteiger partial charge on any atom is -0.496 e. The summed E-state index contributed by atoms with van der Waals surface area (Å²) in [5, 5.41) is 19.8. The van der Waals surface area contributed by atoms with Gasteiger partial charge in [0.05, 0.1) is 12.7 Å². The number of amides is 1. The maximum absolute atomic E-state index is 12.9. The molecule has 24 heavy (non-hydrogen) atoms. The standard InChI is InChI=1S/C17H17FN2O4/c1-17(8-7-13(24-2)12(9-17)15(22)23)16(19)20-14(21)10-3-5-11(18)6-4-10/h3-8H,9H2,1-2H3,(H,22,23)(H2,19,20,21). The van der Waals surface area contributed by atoms with E-state index in [1.54, 1.807) is 13.0 Å². The van der Waals surface area contributed by atoms with E-state index in [2.05, 4.69) is 5.32 Å². The fourth-order valence-electron chi connectivity index (χ4n) is 2.35. The molecule has 6 nitrogen and oxygen atoms in total. The number of nitrogens with one attached hydrogen (secondary N) is 2. The lowest BCUT2D eigenvalue weighted by Gasteiger charge is -2.30. The van der Waals surface area contributed by atoms with Crippen molar-refractivity contribution in [3.05, 3.63) is 59.1 Å². The van der Waals surface area contributed by atoms with Crippen LogP contribution in [-0.4, -0.2) is 29.9 Å². The topological polar surface area (TPSA) is 99.5 Å². The highest BCUT2D eigenvalue weighted by atomic mass is 19.1. The third-order valence-corrected chi connectivity index (χ3v) is 3.84. The van der Waals surface area contributed by atoms with Gasteiger partial charge in [-0.1, -0.05) is 6.08 Å². The molecule has 1 aromatic carbocycles. The van der Waals surface area contributed by atoms with Crippen LogP contribution in [0.25, 0.3) is 0 Å². The molecule has 1 aliphatic carbocycles. The van der Waals surface area contributed by atoms with E-state index in [9.17, 15) is 19.1 Å². The second-order valence-corrected chi connectivity index (χ2v) is 5.62. The summed E-state index contributed by atoms with van der Waals surface area (Å²) >= 11 is 0. The number of hydrogen-bond donors (Lipinski definition) is 3. The number of hydrogen-bond acceptors (Lipinski definition) is 4. The van der Waals surface area contributed by atoms with Crippen LogP contribution < -0.4 is 5.32 Å². The number of halogens is 1. The SMILES string of the molecule is COC1=C(C(=O)O)CC(C)(C(=N)NC(=O)c2ccc(F)cc2)C=C1. The fourth-order valence-corrected chi connectivity index (χ4v) is 2.35. The largest absolute Gasteiger partial charge is 0.496 e. The van der Waals surface area contributed by atoms with E-state index >= 15 is 0 Å². The van der Waals surface area contributed by atoms with Crippen LogP contribution >= 0.6 is 0 Å². The zero-order valence-electron chi connectivity index (χ0n) is 13.2. The van der Waals surface area contributed by atoms with E-state index in [1.807, 2.05) is 0 Å². The van der Waals surface area contributed by atoms with Crippen molar-refractivity contribution < 1.29 is 23.8 Å². The summed E-state index contributed by atoms with van der Waals surface area (Å²) in [6, 6.07) is 4.92. The van der Waals surface area contributed by atoms with E-state index in [-0.39, 0.29) is 29.2 Å². The minimum absolute atomic E-state index is 0.00450. The lowest BCUT2D eigenvalue weighted by molar-refractivity contribution is -0.133. The van der Waals surface area contributed by atoms with Crippen LogP contribution in [-0.2, 0) is 9.53 Å². The monoisotopic (exact) mass is 332 g/mol. The molecule has 2 rings (SSSR count). The van der Waals surface area contributed by atoms with Gasteiger partial charge in [0.15, 0.2) is 0 Å². The number of allylic oxidation sites excluding steroid dienone is 1. The normalized spacial score (nSPS) is 19.8. The number of methoxy groups -OCH3 is 1. The average Bonchev–Trinajstić information content (AvgIpc) is 2.55. The van der Waals surface area contributed by atoms with E-state index in [4.69, 9.17) is 10.1 Å². The van der Waals surface area contributed by atoms with Gasteiger partial charge in [-0.05, 0) is 43.7 Å². The van der Waals surface area contributed by atoms with Crippen LogP contribution in [0.1, 0.15) is 23.7 Å². The number of carboxylic acid groups (broad SMARTS) is 1. The Morgan fingerprint density at radius 1 is 1.33 bits per heavy atom. The summed E-state index contributed by atoms with van der Waals surface area (Å²) in [6.45, 7) is 1.64. The number of benzene rings is 1. The second kappa shape index (κ2) is 6.66. The number of carbonyl (C=O) groups is 2. The first kappa shape index (κ1) is 17.4. The summed E-state index contributed by atoms with van der Waals surface area (Å²) in [7, 11) is 1.37. The van der Waals surface area contributed by atoms with Gasteiger partial charge in [-0.2, -0.15) is 0 Å². The zero-order chi connectivity index (χ0) is 17.9. The molecule has 0 radical (unpaired) electrons. The summed E-state index contributed by atoms with van der Waals surface area (Å²) in [5.74, 6) is -2.10. The molecule has 126 valence electrons. The van der Waals surface area contributed by atoms with Crippen molar-refractivity contribution in [3.8, 4) is 0 Å². The first-order valence-electron chi connectivity index (χ1n) is 7.12. The second-order valence-electron chi connectivity index (χ2n) is 5.62. The Bertz CT molecular complexity index is 752. The van der Waals surface area contributed by atoms with Gasteiger partial charge in [0, 0.05) is 11.0 Å².